The highest BCUT2D eigenvalue weighted by Crippen LogP contribution is 2.36. The summed E-state index contributed by atoms with van der Waals surface area (Å²) >= 11 is 20.9. The molecule has 0 amide bonds. The van der Waals surface area contributed by atoms with E-state index >= 15 is 0 Å². The minimum absolute atomic E-state index is 0.173. The molecule has 0 N–H and O–H groups in total. The number of hydrogen-bond donors (Lipinski definition) is 0. The van der Waals surface area contributed by atoms with Gasteiger partial charge in [0, 0.05) is 15.6 Å². The van der Waals surface area contributed by atoms with Crippen LogP contribution in [-0.4, -0.2) is 17.1 Å². The van der Waals surface area contributed by atoms with E-state index in [1.165, 1.54) is 15.9 Å². The number of esters is 1. The minimum atomic E-state index is -0.828. The molecule has 0 bridgehead atoms. The number of carbonyl (C=O) groups excluding carboxylic acids is 1. The second-order valence-corrected chi connectivity index (χ2v) is 12.3. The summed E-state index contributed by atoms with van der Waals surface area (Å²) in [5, 5.41) is 3.28. The van der Waals surface area contributed by atoms with E-state index in [9.17, 15) is 9.59 Å². The third-order valence-electron chi connectivity index (χ3n) is 7.29. The van der Waals surface area contributed by atoms with Gasteiger partial charge >= 0.3 is 5.97 Å². The van der Waals surface area contributed by atoms with Crippen molar-refractivity contribution in [2.75, 3.05) is 6.61 Å². The largest absolute Gasteiger partial charge is 0.487 e. The molecule has 0 saturated heterocycles. The van der Waals surface area contributed by atoms with Gasteiger partial charge < -0.3 is 9.47 Å². The summed E-state index contributed by atoms with van der Waals surface area (Å²) in [5.74, 6) is -0.167. The van der Waals surface area contributed by atoms with Crippen molar-refractivity contribution in [3.05, 3.63) is 142 Å². The van der Waals surface area contributed by atoms with Crippen molar-refractivity contribution in [1.29, 1.82) is 0 Å². The van der Waals surface area contributed by atoms with E-state index < -0.39 is 12.0 Å². The Morgan fingerprint density at radius 1 is 1.00 bits per heavy atom. The van der Waals surface area contributed by atoms with Gasteiger partial charge in [-0.15, -0.1) is 0 Å². The Bertz CT molecular complexity index is 2150. The summed E-state index contributed by atoms with van der Waals surface area (Å²) in [6.07, 6.45) is 1.69. The van der Waals surface area contributed by atoms with E-state index in [0.29, 0.717) is 47.0 Å². The first-order valence-electron chi connectivity index (χ1n) is 13.8. The lowest BCUT2D eigenvalue weighted by molar-refractivity contribution is -0.139. The van der Waals surface area contributed by atoms with Gasteiger partial charge in [-0.05, 0) is 60.0 Å². The second-order valence-electron chi connectivity index (χ2n) is 10.1. The van der Waals surface area contributed by atoms with Gasteiger partial charge in [0.15, 0.2) is 4.80 Å². The van der Waals surface area contributed by atoms with Gasteiger partial charge in [0.2, 0.25) is 0 Å². The van der Waals surface area contributed by atoms with Crippen LogP contribution in [0, 0.1) is 0 Å². The number of nitrogens with zero attached hydrogens (tertiary/aromatic N) is 2. The summed E-state index contributed by atoms with van der Waals surface area (Å²) < 4.78 is 13.5. The fraction of sp³-hybridized carbons (Fsp3) is 0.147. The predicted molar refractivity (Wildman–Crippen MR) is 177 cm³/mol. The van der Waals surface area contributed by atoms with Gasteiger partial charge in [-0.3, -0.25) is 9.36 Å². The van der Waals surface area contributed by atoms with E-state index in [4.69, 9.17) is 44.3 Å². The molecule has 1 aliphatic rings. The van der Waals surface area contributed by atoms with E-state index in [2.05, 4.69) is 4.99 Å². The van der Waals surface area contributed by atoms with E-state index in [-0.39, 0.29) is 24.3 Å². The molecule has 6 nitrogen and oxygen atoms in total. The molecule has 1 aliphatic heterocycles. The smallest absolute Gasteiger partial charge is 0.338 e. The Morgan fingerprint density at radius 2 is 1.75 bits per heavy atom. The van der Waals surface area contributed by atoms with Crippen LogP contribution in [0.4, 0.5) is 0 Å². The number of thiazole rings is 1. The lowest BCUT2D eigenvalue weighted by Gasteiger charge is -2.25. The van der Waals surface area contributed by atoms with Gasteiger partial charge in [0.1, 0.15) is 18.4 Å². The van der Waals surface area contributed by atoms with Gasteiger partial charge in [-0.25, -0.2) is 9.79 Å². The number of benzene rings is 4. The van der Waals surface area contributed by atoms with Crippen LogP contribution in [0.5, 0.6) is 5.75 Å². The normalized spacial score (nSPS) is 14.8. The monoisotopic (exact) mass is 662 g/mol. The van der Waals surface area contributed by atoms with E-state index in [1.807, 2.05) is 48.5 Å². The number of rotatable bonds is 7. The number of halogens is 3. The Balaban J connectivity index is 1.48. The molecule has 5 aromatic rings. The second kappa shape index (κ2) is 12.6. The van der Waals surface area contributed by atoms with Gasteiger partial charge in [0.05, 0.1) is 27.4 Å². The fourth-order valence-corrected chi connectivity index (χ4v) is 7.17. The van der Waals surface area contributed by atoms with E-state index in [0.717, 1.165) is 16.3 Å². The van der Waals surface area contributed by atoms with Crippen LogP contribution in [0.2, 0.25) is 15.1 Å². The molecule has 4 aromatic carbocycles. The number of fused-ring (bicyclic) bond motifs is 2. The van der Waals surface area contributed by atoms with Crippen molar-refractivity contribution in [2.24, 2.45) is 4.99 Å². The highest BCUT2D eigenvalue weighted by Gasteiger charge is 2.34. The van der Waals surface area contributed by atoms with Gasteiger partial charge in [-0.1, -0.05) is 107 Å². The van der Waals surface area contributed by atoms with Crippen LogP contribution >= 0.6 is 46.1 Å². The van der Waals surface area contributed by atoms with Crippen molar-refractivity contribution < 1.29 is 14.3 Å². The summed E-state index contributed by atoms with van der Waals surface area (Å²) in [7, 11) is 0. The van der Waals surface area contributed by atoms with Crippen LogP contribution < -0.4 is 19.6 Å². The average Bonchev–Trinajstić information content (AvgIpc) is 3.30. The van der Waals surface area contributed by atoms with Gasteiger partial charge in [-0.2, -0.15) is 0 Å². The van der Waals surface area contributed by atoms with Crippen LogP contribution in [0.15, 0.2) is 99.9 Å². The molecule has 10 heteroatoms. The number of allylic oxidation sites excluding steroid dienone is 1. The fourth-order valence-electron chi connectivity index (χ4n) is 5.33. The Hall–Kier alpha value is -3.88. The van der Waals surface area contributed by atoms with Crippen molar-refractivity contribution in [2.45, 2.75) is 26.5 Å². The first-order valence-corrected chi connectivity index (χ1v) is 15.7. The zero-order chi connectivity index (χ0) is 31.0. The molecule has 0 spiro atoms. The molecule has 2 heterocycles. The third kappa shape index (κ3) is 5.69. The topological polar surface area (TPSA) is 69.9 Å². The van der Waals surface area contributed by atoms with E-state index in [1.54, 1.807) is 50.3 Å². The zero-order valence-corrected chi connectivity index (χ0v) is 26.7. The number of aromatic nitrogens is 1. The highest BCUT2D eigenvalue weighted by atomic mass is 35.5. The average molecular weight is 664 g/mol. The lowest BCUT2D eigenvalue weighted by Crippen LogP contribution is -2.40. The van der Waals surface area contributed by atoms with Crippen LogP contribution in [0.3, 0.4) is 0 Å². The number of hydrogen-bond acceptors (Lipinski definition) is 6. The zero-order valence-electron chi connectivity index (χ0n) is 23.6. The standard InChI is InChI=1S/C34H25Cl3N2O4S/c1-3-42-33(41)29-19(2)38-34-39(30(29)25-13-6-7-14-26(25)36)32(40)28(44-34)16-22-15-23(35)17-27(37)31(22)43-18-21-11-8-10-20-9-4-5-12-24(20)21/h4-17,30H,3,18H2,1-2H3/b28-16-/t30-/m1/s1. The molecule has 0 saturated carbocycles. The quantitative estimate of drug-likeness (QED) is 0.169. The molecule has 0 fully saturated rings. The summed E-state index contributed by atoms with van der Waals surface area (Å²) in [6, 6.07) is 23.7. The molecule has 1 atom stereocenters. The number of ether oxygens (including phenoxy) is 2. The van der Waals surface area contributed by atoms with Crippen molar-refractivity contribution in [3.63, 3.8) is 0 Å². The third-order valence-corrected chi connectivity index (χ3v) is 9.12. The maximum atomic E-state index is 14.1. The first kappa shape index (κ1) is 30.2. The summed E-state index contributed by atoms with van der Waals surface area (Å²) in [6.45, 7) is 3.87. The van der Waals surface area contributed by atoms with Crippen molar-refractivity contribution in [3.8, 4) is 5.75 Å². The Morgan fingerprint density at radius 3 is 2.55 bits per heavy atom. The molecule has 6 rings (SSSR count). The first-order chi connectivity index (χ1) is 21.3. The highest BCUT2D eigenvalue weighted by molar-refractivity contribution is 7.07. The molecule has 44 heavy (non-hydrogen) atoms. The van der Waals surface area contributed by atoms with Crippen LogP contribution in [0.1, 0.15) is 36.6 Å². The Labute approximate surface area is 272 Å². The minimum Gasteiger partial charge on any atom is -0.487 e. The van der Waals surface area contributed by atoms with Crippen molar-refractivity contribution in [1.82, 2.24) is 4.57 Å². The molecule has 1 aromatic heterocycles. The molecular weight excluding hydrogens is 639 g/mol. The van der Waals surface area contributed by atoms with Gasteiger partial charge in [0.25, 0.3) is 5.56 Å². The summed E-state index contributed by atoms with van der Waals surface area (Å²) in [4.78, 5) is 32.3. The molecule has 0 radical (unpaired) electrons. The maximum absolute atomic E-state index is 14.1. The summed E-state index contributed by atoms with van der Waals surface area (Å²) in [5.41, 5.74) is 2.45. The maximum Gasteiger partial charge on any atom is 0.338 e. The predicted octanol–water partition coefficient (Wildman–Crippen LogP) is 7.49. The van der Waals surface area contributed by atoms with Crippen LogP contribution in [-0.2, 0) is 16.1 Å². The molecule has 0 aliphatic carbocycles. The molecule has 222 valence electrons. The van der Waals surface area contributed by atoms with Crippen LogP contribution in [0.25, 0.3) is 16.8 Å². The SMILES string of the molecule is CCOC(=O)C1=C(C)N=c2s/c(=C\c3cc(Cl)cc(Cl)c3OCc3cccc4ccccc34)c(=O)n2[C@@H]1c1ccccc1Cl. The molecular formula is C34H25Cl3N2O4S. The Kier molecular flexibility index (Phi) is 8.65. The lowest BCUT2D eigenvalue weighted by atomic mass is 9.96. The number of carbonyl (C=O) groups is 1. The van der Waals surface area contributed by atoms with Crippen molar-refractivity contribution >= 4 is 69.0 Å². The molecule has 0 unspecified atom stereocenters.